The summed E-state index contributed by atoms with van der Waals surface area (Å²) in [5.41, 5.74) is 0.488. The van der Waals surface area contributed by atoms with Crippen molar-refractivity contribution in [2.24, 2.45) is 5.92 Å². The summed E-state index contributed by atoms with van der Waals surface area (Å²) in [7, 11) is 0. The summed E-state index contributed by atoms with van der Waals surface area (Å²) in [5, 5.41) is 2.84. The first-order valence-electron chi connectivity index (χ1n) is 12.8. The van der Waals surface area contributed by atoms with E-state index in [1.165, 1.54) is 64.7 Å². The van der Waals surface area contributed by atoms with Gasteiger partial charge in [-0.1, -0.05) is 90.4 Å². The van der Waals surface area contributed by atoms with Crippen molar-refractivity contribution in [1.82, 2.24) is 5.32 Å². The van der Waals surface area contributed by atoms with E-state index in [2.05, 4.69) is 36.7 Å². The molecule has 34 heavy (non-hydrogen) atoms. The zero-order valence-electron chi connectivity index (χ0n) is 22.0. The summed E-state index contributed by atoms with van der Waals surface area (Å²) >= 11 is 0. The number of unbranched alkanes of at least 4 members (excludes halogenated alkanes) is 9. The number of amides is 1. The average Bonchev–Trinajstić information content (AvgIpc) is 3.01. The minimum absolute atomic E-state index is 0.0579. The number of nitrogens with one attached hydrogen (secondary N) is 1. The number of esters is 2. The van der Waals surface area contributed by atoms with Gasteiger partial charge in [0.25, 0.3) is 0 Å². The molecule has 0 bridgehead atoms. The Bertz CT molecular complexity index is 585. The van der Waals surface area contributed by atoms with Gasteiger partial charge in [-0.25, -0.2) is 4.79 Å². The maximum atomic E-state index is 11.1. The van der Waals surface area contributed by atoms with Crippen molar-refractivity contribution >= 4 is 17.8 Å². The molecule has 1 unspecified atom stereocenters. The van der Waals surface area contributed by atoms with Gasteiger partial charge in [0.05, 0.1) is 18.8 Å². The van der Waals surface area contributed by atoms with Crippen LogP contribution in [0.25, 0.3) is 0 Å². The monoisotopic (exact) mass is 479 g/mol. The van der Waals surface area contributed by atoms with Crippen LogP contribution in [0.2, 0.25) is 0 Å². The molecular formula is C28H49NO5. The molecule has 1 N–H and O–H groups in total. The van der Waals surface area contributed by atoms with E-state index in [-0.39, 0.29) is 23.8 Å². The second-order valence-electron chi connectivity index (χ2n) is 8.50. The van der Waals surface area contributed by atoms with Gasteiger partial charge in [-0.3, -0.25) is 9.59 Å². The Morgan fingerprint density at radius 3 is 1.97 bits per heavy atom. The van der Waals surface area contributed by atoms with Crippen LogP contribution in [0, 0.1) is 5.92 Å². The molecule has 1 aliphatic rings. The summed E-state index contributed by atoms with van der Waals surface area (Å²) in [6.07, 6.45) is 19.0. The summed E-state index contributed by atoms with van der Waals surface area (Å²) in [6.45, 7) is 17.0. The molecule has 1 fully saturated rings. The van der Waals surface area contributed by atoms with Gasteiger partial charge in [0.15, 0.2) is 0 Å². The lowest BCUT2D eigenvalue weighted by atomic mass is 10.0. The molecule has 0 saturated carbocycles. The molecule has 0 aromatic heterocycles. The molecule has 1 aliphatic heterocycles. The fraction of sp³-hybridized carbons (Fsp3) is 0.679. The molecule has 1 amide bonds. The fourth-order valence-electron chi connectivity index (χ4n) is 3.18. The minimum atomic E-state index is -0.329. The SMILES string of the molecule is C=C(C)C(=O)OCCCCCCCCCCCC.C=CC1CCCCNC1=O.C=COC(C)=O. The Balaban J connectivity index is 0. The number of ether oxygens (including phenoxy) is 2. The molecule has 1 atom stereocenters. The van der Waals surface area contributed by atoms with E-state index in [0.717, 1.165) is 38.5 Å². The summed E-state index contributed by atoms with van der Waals surface area (Å²) in [4.78, 5) is 31.9. The third kappa shape index (κ3) is 24.3. The van der Waals surface area contributed by atoms with Gasteiger partial charge in [-0.15, -0.1) is 6.58 Å². The van der Waals surface area contributed by atoms with Gasteiger partial charge >= 0.3 is 11.9 Å². The van der Waals surface area contributed by atoms with Gasteiger partial charge in [0, 0.05) is 19.0 Å². The molecule has 196 valence electrons. The molecule has 1 saturated heterocycles. The van der Waals surface area contributed by atoms with Crippen LogP contribution in [0.5, 0.6) is 0 Å². The third-order valence-corrected chi connectivity index (χ3v) is 5.19. The molecule has 0 aromatic rings. The standard InChI is InChI=1S/C16H30O2.C8H13NO.C4H6O2/c1-4-5-6-7-8-9-10-11-12-13-14-18-16(17)15(2)3;1-2-7-5-3-4-6-9-8(7)10;1-3-6-4(2)5/h2,4-14H2,1,3H3;2,7H,1,3-6H2,(H,9,10);3H,1H2,2H3. The number of hydrogen-bond acceptors (Lipinski definition) is 5. The third-order valence-electron chi connectivity index (χ3n) is 5.19. The van der Waals surface area contributed by atoms with Gasteiger partial charge in [0.1, 0.15) is 0 Å². The molecule has 0 spiro atoms. The van der Waals surface area contributed by atoms with Gasteiger partial charge in [-0.05, 0) is 26.2 Å². The predicted octanol–water partition coefficient (Wildman–Crippen LogP) is 6.81. The van der Waals surface area contributed by atoms with Gasteiger partial charge < -0.3 is 14.8 Å². The van der Waals surface area contributed by atoms with Crippen LogP contribution < -0.4 is 5.32 Å². The van der Waals surface area contributed by atoms with Crippen molar-refractivity contribution in [1.29, 1.82) is 0 Å². The Kier molecular flexibility index (Phi) is 25.1. The molecule has 0 aliphatic carbocycles. The largest absolute Gasteiger partial charge is 0.462 e. The average molecular weight is 480 g/mol. The second kappa shape index (κ2) is 25.3. The Hall–Kier alpha value is -2.37. The lowest BCUT2D eigenvalue weighted by Crippen LogP contribution is -2.27. The Morgan fingerprint density at radius 2 is 1.53 bits per heavy atom. The number of carbonyl (C=O) groups excluding carboxylic acids is 3. The molecule has 1 rings (SSSR count). The zero-order chi connectivity index (χ0) is 26.0. The molecule has 1 heterocycles. The highest BCUT2D eigenvalue weighted by molar-refractivity contribution is 5.86. The minimum Gasteiger partial charge on any atom is -0.462 e. The number of carbonyl (C=O) groups is 3. The maximum Gasteiger partial charge on any atom is 0.333 e. The zero-order valence-corrected chi connectivity index (χ0v) is 22.0. The van der Waals surface area contributed by atoms with E-state index < -0.39 is 0 Å². The quantitative estimate of drug-likeness (QED) is 0.0973. The van der Waals surface area contributed by atoms with Crippen LogP contribution >= 0.6 is 0 Å². The lowest BCUT2D eigenvalue weighted by molar-refractivity contribution is -0.139. The smallest absolute Gasteiger partial charge is 0.333 e. The van der Waals surface area contributed by atoms with E-state index in [4.69, 9.17) is 4.74 Å². The van der Waals surface area contributed by atoms with Crippen LogP contribution in [-0.2, 0) is 23.9 Å². The number of rotatable bonds is 14. The first kappa shape index (κ1) is 33.8. The van der Waals surface area contributed by atoms with E-state index in [1.807, 2.05) is 0 Å². The molecule has 6 heteroatoms. The molecule has 0 aromatic carbocycles. The fourth-order valence-corrected chi connectivity index (χ4v) is 3.18. The first-order chi connectivity index (χ1) is 16.3. The maximum absolute atomic E-state index is 11.1. The van der Waals surface area contributed by atoms with Gasteiger partial charge in [0.2, 0.25) is 5.91 Å². The molecular weight excluding hydrogens is 430 g/mol. The second-order valence-corrected chi connectivity index (χ2v) is 8.50. The lowest BCUT2D eigenvalue weighted by Gasteiger charge is -2.05. The van der Waals surface area contributed by atoms with Crippen molar-refractivity contribution < 1.29 is 23.9 Å². The van der Waals surface area contributed by atoms with E-state index in [9.17, 15) is 14.4 Å². The first-order valence-corrected chi connectivity index (χ1v) is 12.8. The van der Waals surface area contributed by atoms with E-state index in [1.54, 1.807) is 13.0 Å². The highest BCUT2D eigenvalue weighted by Crippen LogP contribution is 2.12. The number of hydrogen-bond donors (Lipinski definition) is 1. The van der Waals surface area contributed by atoms with Crippen molar-refractivity contribution in [3.8, 4) is 0 Å². The topological polar surface area (TPSA) is 81.7 Å². The Morgan fingerprint density at radius 1 is 0.971 bits per heavy atom. The Labute approximate surface area is 208 Å². The van der Waals surface area contributed by atoms with Crippen molar-refractivity contribution in [3.05, 3.63) is 37.6 Å². The van der Waals surface area contributed by atoms with Crippen LogP contribution in [0.4, 0.5) is 0 Å². The van der Waals surface area contributed by atoms with E-state index in [0.29, 0.717) is 12.2 Å². The predicted molar refractivity (Wildman–Crippen MR) is 140 cm³/mol. The highest BCUT2D eigenvalue weighted by Gasteiger charge is 2.16. The van der Waals surface area contributed by atoms with E-state index >= 15 is 0 Å². The van der Waals surface area contributed by atoms with Gasteiger partial charge in [-0.2, -0.15) is 0 Å². The van der Waals surface area contributed by atoms with Crippen LogP contribution in [0.3, 0.4) is 0 Å². The summed E-state index contributed by atoms with van der Waals surface area (Å²) < 4.78 is 9.20. The van der Waals surface area contributed by atoms with Crippen LogP contribution in [-0.4, -0.2) is 31.0 Å². The summed E-state index contributed by atoms with van der Waals surface area (Å²) in [6, 6.07) is 0. The van der Waals surface area contributed by atoms with Crippen LogP contribution in [0.15, 0.2) is 37.6 Å². The van der Waals surface area contributed by atoms with Crippen molar-refractivity contribution in [2.45, 2.75) is 104 Å². The van der Waals surface area contributed by atoms with Crippen LogP contribution in [0.1, 0.15) is 104 Å². The molecule has 0 radical (unpaired) electrons. The molecule has 6 nitrogen and oxygen atoms in total. The summed E-state index contributed by atoms with van der Waals surface area (Å²) in [5.74, 6) is -0.383. The normalized spacial score (nSPS) is 14.6. The van der Waals surface area contributed by atoms with Crippen molar-refractivity contribution in [2.75, 3.05) is 13.2 Å². The highest BCUT2D eigenvalue weighted by atomic mass is 16.5. The van der Waals surface area contributed by atoms with Crippen molar-refractivity contribution in [3.63, 3.8) is 0 Å².